The first-order valence-electron chi connectivity index (χ1n) is 8.59. The highest BCUT2D eigenvalue weighted by Gasteiger charge is 2.21. The molecule has 0 unspecified atom stereocenters. The molecule has 1 N–H and O–H groups in total. The van der Waals surface area contributed by atoms with E-state index < -0.39 is 11.6 Å². The Bertz CT molecular complexity index is 731. The van der Waals surface area contributed by atoms with Crippen molar-refractivity contribution >= 4 is 35.9 Å². The molecular weight excluding hydrogens is 465 g/mol. The van der Waals surface area contributed by atoms with Crippen LogP contribution in [-0.2, 0) is 6.42 Å². The highest BCUT2D eigenvalue weighted by molar-refractivity contribution is 14.0. The summed E-state index contributed by atoms with van der Waals surface area (Å²) >= 11 is 0. The molecule has 1 aromatic carbocycles. The Labute approximate surface area is 174 Å². The summed E-state index contributed by atoms with van der Waals surface area (Å²) in [6.45, 7) is 3.52. The molecule has 27 heavy (non-hydrogen) atoms. The van der Waals surface area contributed by atoms with E-state index in [0.717, 1.165) is 38.1 Å². The average Bonchev–Trinajstić information content (AvgIpc) is 2.68. The van der Waals surface area contributed by atoms with E-state index >= 15 is 0 Å². The van der Waals surface area contributed by atoms with E-state index in [9.17, 15) is 8.78 Å². The van der Waals surface area contributed by atoms with Gasteiger partial charge in [-0.1, -0.05) is 6.07 Å². The minimum absolute atomic E-state index is 0. The smallest absolute Gasteiger partial charge is 0.225 e. The molecule has 1 fully saturated rings. The minimum Gasteiger partial charge on any atom is -0.356 e. The monoisotopic (exact) mass is 488 g/mol. The standard InChI is InChI=1S/C18H22F2N6.HI/c1-21-17(24-9-6-14-15(19)4-2-5-16(14)20)25-10-12-26(13-11-25)18-22-7-3-8-23-18;/h2-5,7-8H,6,9-13H2,1H3,(H,21,24);1H. The second kappa shape index (κ2) is 10.3. The summed E-state index contributed by atoms with van der Waals surface area (Å²) in [4.78, 5) is 17.1. The Kier molecular flexibility index (Phi) is 8.14. The molecule has 2 aromatic rings. The quantitative estimate of drug-likeness (QED) is 0.407. The highest BCUT2D eigenvalue weighted by Crippen LogP contribution is 2.13. The van der Waals surface area contributed by atoms with E-state index in [4.69, 9.17) is 0 Å². The molecule has 1 aromatic heterocycles. The molecule has 0 amide bonds. The summed E-state index contributed by atoms with van der Waals surface area (Å²) in [5.74, 6) is 0.428. The van der Waals surface area contributed by atoms with Crippen LogP contribution in [0.3, 0.4) is 0 Å². The maximum atomic E-state index is 13.7. The number of rotatable bonds is 4. The van der Waals surface area contributed by atoms with Gasteiger partial charge in [-0.25, -0.2) is 18.7 Å². The summed E-state index contributed by atoms with van der Waals surface area (Å²) in [7, 11) is 1.71. The summed E-state index contributed by atoms with van der Waals surface area (Å²) in [5, 5.41) is 3.19. The van der Waals surface area contributed by atoms with Gasteiger partial charge in [-0.05, 0) is 24.6 Å². The number of hydrogen-bond acceptors (Lipinski definition) is 4. The summed E-state index contributed by atoms with van der Waals surface area (Å²) < 4.78 is 27.4. The van der Waals surface area contributed by atoms with Crippen LogP contribution in [0.1, 0.15) is 5.56 Å². The van der Waals surface area contributed by atoms with Crippen LogP contribution in [0.25, 0.3) is 0 Å². The van der Waals surface area contributed by atoms with Gasteiger partial charge in [0.05, 0.1) is 0 Å². The fraction of sp³-hybridized carbons (Fsp3) is 0.389. The number of guanidine groups is 1. The van der Waals surface area contributed by atoms with Crippen LogP contribution >= 0.6 is 24.0 Å². The molecule has 3 rings (SSSR count). The van der Waals surface area contributed by atoms with Gasteiger partial charge in [0.2, 0.25) is 5.95 Å². The third-order valence-corrected chi connectivity index (χ3v) is 4.35. The van der Waals surface area contributed by atoms with Crippen LogP contribution < -0.4 is 10.2 Å². The first-order chi connectivity index (χ1) is 12.7. The van der Waals surface area contributed by atoms with E-state index in [0.29, 0.717) is 6.54 Å². The SMILES string of the molecule is CN=C(NCCc1c(F)cccc1F)N1CCN(c2ncccn2)CC1.I. The largest absolute Gasteiger partial charge is 0.356 e. The fourth-order valence-electron chi connectivity index (χ4n) is 2.98. The van der Waals surface area contributed by atoms with E-state index in [1.54, 1.807) is 25.5 Å². The predicted molar refractivity (Wildman–Crippen MR) is 113 cm³/mol. The van der Waals surface area contributed by atoms with Crippen molar-refractivity contribution in [1.82, 2.24) is 20.2 Å². The van der Waals surface area contributed by atoms with Crippen molar-refractivity contribution in [2.75, 3.05) is 44.7 Å². The molecule has 9 heteroatoms. The van der Waals surface area contributed by atoms with Crippen molar-refractivity contribution in [3.63, 3.8) is 0 Å². The molecule has 0 saturated carbocycles. The van der Waals surface area contributed by atoms with Gasteiger partial charge in [0.25, 0.3) is 0 Å². The second-order valence-electron chi connectivity index (χ2n) is 5.95. The number of nitrogens with one attached hydrogen (secondary N) is 1. The number of anilines is 1. The van der Waals surface area contributed by atoms with Gasteiger partial charge < -0.3 is 15.1 Å². The number of piperazine rings is 1. The Hall–Kier alpha value is -2.04. The molecule has 1 saturated heterocycles. The van der Waals surface area contributed by atoms with Crippen LogP contribution in [0.4, 0.5) is 14.7 Å². The molecule has 1 aliphatic rings. The van der Waals surface area contributed by atoms with Crippen molar-refractivity contribution in [3.05, 3.63) is 53.9 Å². The van der Waals surface area contributed by atoms with Crippen molar-refractivity contribution in [3.8, 4) is 0 Å². The van der Waals surface area contributed by atoms with E-state index in [2.05, 4.69) is 30.1 Å². The minimum atomic E-state index is -0.515. The molecule has 6 nitrogen and oxygen atoms in total. The Morgan fingerprint density at radius 2 is 1.70 bits per heavy atom. The molecular formula is C18H23F2IN6. The lowest BCUT2D eigenvalue weighted by atomic mass is 10.1. The van der Waals surface area contributed by atoms with Crippen molar-refractivity contribution < 1.29 is 8.78 Å². The van der Waals surface area contributed by atoms with E-state index in [1.807, 2.05) is 0 Å². The Morgan fingerprint density at radius 3 is 2.30 bits per heavy atom. The summed E-state index contributed by atoms with van der Waals surface area (Å²) in [6, 6.07) is 5.72. The molecule has 2 heterocycles. The zero-order valence-electron chi connectivity index (χ0n) is 15.1. The molecule has 0 radical (unpaired) electrons. The van der Waals surface area contributed by atoms with Gasteiger partial charge in [0.1, 0.15) is 11.6 Å². The van der Waals surface area contributed by atoms with Gasteiger partial charge in [-0.15, -0.1) is 24.0 Å². The summed E-state index contributed by atoms with van der Waals surface area (Å²) in [5.41, 5.74) is 0.0986. The van der Waals surface area contributed by atoms with Crippen LogP contribution in [0.5, 0.6) is 0 Å². The number of aliphatic imine (C=N–C) groups is 1. The zero-order chi connectivity index (χ0) is 18.4. The van der Waals surface area contributed by atoms with Crippen molar-refractivity contribution in [2.24, 2.45) is 4.99 Å². The zero-order valence-corrected chi connectivity index (χ0v) is 17.4. The van der Waals surface area contributed by atoms with Crippen LogP contribution in [0.15, 0.2) is 41.7 Å². The Balaban J connectivity index is 0.00000261. The first kappa shape index (κ1) is 21.3. The van der Waals surface area contributed by atoms with E-state index in [1.165, 1.54) is 18.2 Å². The lowest BCUT2D eigenvalue weighted by molar-refractivity contribution is 0.370. The average molecular weight is 488 g/mol. The van der Waals surface area contributed by atoms with Gasteiger partial charge >= 0.3 is 0 Å². The van der Waals surface area contributed by atoms with Gasteiger partial charge in [-0.2, -0.15) is 0 Å². The Morgan fingerprint density at radius 1 is 1.07 bits per heavy atom. The van der Waals surface area contributed by atoms with Crippen molar-refractivity contribution in [2.45, 2.75) is 6.42 Å². The first-order valence-corrected chi connectivity index (χ1v) is 8.59. The highest BCUT2D eigenvalue weighted by atomic mass is 127. The third kappa shape index (κ3) is 5.47. The number of nitrogens with zero attached hydrogens (tertiary/aromatic N) is 5. The number of aromatic nitrogens is 2. The molecule has 0 atom stereocenters. The lowest BCUT2D eigenvalue weighted by Gasteiger charge is -2.36. The topological polar surface area (TPSA) is 56.7 Å². The van der Waals surface area contributed by atoms with Gasteiger partial charge in [0.15, 0.2) is 5.96 Å². The third-order valence-electron chi connectivity index (χ3n) is 4.35. The molecule has 146 valence electrons. The van der Waals surface area contributed by atoms with Gasteiger partial charge in [-0.3, -0.25) is 4.99 Å². The fourth-order valence-corrected chi connectivity index (χ4v) is 2.98. The molecule has 0 spiro atoms. The maximum absolute atomic E-state index is 13.7. The molecule has 1 aliphatic heterocycles. The van der Waals surface area contributed by atoms with Crippen LogP contribution in [-0.4, -0.2) is 60.6 Å². The molecule has 0 aliphatic carbocycles. The van der Waals surface area contributed by atoms with Crippen LogP contribution in [0, 0.1) is 11.6 Å². The summed E-state index contributed by atoms with van der Waals surface area (Å²) in [6.07, 6.45) is 3.73. The van der Waals surface area contributed by atoms with Gasteiger partial charge in [0, 0.05) is 57.7 Å². The normalized spacial score (nSPS) is 14.7. The predicted octanol–water partition coefficient (Wildman–Crippen LogP) is 2.31. The number of benzene rings is 1. The molecule has 0 bridgehead atoms. The number of halogens is 3. The lowest BCUT2D eigenvalue weighted by Crippen LogP contribution is -2.53. The second-order valence-corrected chi connectivity index (χ2v) is 5.95. The maximum Gasteiger partial charge on any atom is 0.225 e. The van der Waals surface area contributed by atoms with Crippen LogP contribution in [0.2, 0.25) is 0 Å². The van der Waals surface area contributed by atoms with Crippen molar-refractivity contribution in [1.29, 1.82) is 0 Å². The number of hydrogen-bond donors (Lipinski definition) is 1. The van der Waals surface area contributed by atoms with E-state index in [-0.39, 0.29) is 36.0 Å².